The van der Waals surface area contributed by atoms with Gasteiger partial charge < -0.3 is 13.7 Å². The zero-order chi connectivity index (χ0) is 45.9. The number of benzene rings is 11. The van der Waals surface area contributed by atoms with Crippen LogP contribution in [-0.2, 0) is 5.41 Å². The van der Waals surface area contributed by atoms with Gasteiger partial charge in [-0.05, 0) is 139 Å². The third-order valence-electron chi connectivity index (χ3n) is 15.1. The summed E-state index contributed by atoms with van der Waals surface area (Å²) in [6.07, 6.45) is 0. The molecule has 1 unspecified atom stereocenters. The Hall–Kier alpha value is -9.18. The summed E-state index contributed by atoms with van der Waals surface area (Å²) in [6.45, 7) is 0. The third kappa shape index (κ3) is 5.52. The highest BCUT2D eigenvalue weighted by Gasteiger charge is 2.52. The maximum absolute atomic E-state index is 6.82. The molecule has 1 atom stereocenters. The van der Waals surface area contributed by atoms with E-state index in [1.807, 2.05) is 6.07 Å². The van der Waals surface area contributed by atoms with Crippen LogP contribution in [0.1, 0.15) is 22.3 Å². The molecule has 13 aromatic rings. The van der Waals surface area contributed by atoms with Crippen LogP contribution in [0.2, 0.25) is 0 Å². The van der Waals surface area contributed by atoms with Gasteiger partial charge in [0.1, 0.15) is 16.7 Å². The largest absolute Gasteiger partial charge is 0.456 e. The molecule has 326 valence electrons. The van der Waals surface area contributed by atoms with E-state index in [-0.39, 0.29) is 0 Å². The van der Waals surface area contributed by atoms with Gasteiger partial charge in [0, 0.05) is 32.9 Å². The van der Waals surface area contributed by atoms with Crippen LogP contribution in [0.15, 0.2) is 258 Å². The minimum Gasteiger partial charge on any atom is -0.456 e. The van der Waals surface area contributed by atoms with Crippen molar-refractivity contribution in [2.24, 2.45) is 0 Å². The quantitative estimate of drug-likeness (QED) is 0.167. The molecule has 2 aliphatic carbocycles. The highest BCUT2D eigenvalue weighted by molar-refractivity contribution is 6.16. The van der Waals surface area contributed by atoms with Crippen LogP contribution in [0, 0.1) is 0 Å². The molecule has 3 nitrogen and oxygen atoms in total. The van der Waals surface area contributed by atoms with Gasteiger partial charge in [-0.3, -0.25) is 0 Å². The molecule has 0 fully saturated rings. The molecule has 2 aromatic heterocycles. The molecule has 0 saturated heterocycles. The monoisotopic (exact) mass is 891 g/mol. The highest BCUT2D eigenvalue weighted by Crippen LogP contribution is 2.64. The van der Waals surface area contributed by atoms with Crippen LogP contribution >= 0.6 is 0 Å². The molecule has 1 spiro atoms. The van der Waals surface area contributed by atoms with E-state index in [1.54, 1.807) is 0 Å². The van der Waals surface area contributed by atoms with Gasteiger partial charge >= 0.3 is 0 Å². The second kappa shape index (κ2) is 14.9. The summed E-state index contributed by atoms with van der Waals surface area (Å²) in [4.78, 5) is 2.38. The first-order chi connectivity index (χ1) is 34.7. The maximum atomic E-state index is 6.82. The molecule has 0 amide bonds. The summed E-state index contributed by atoms with van der Waals surface area (Å²) >= 11 is 0. The molecule has 70 heavy (non-hydrogen) atoms. The molecule has 0 radical (unpaired) electrons. The van der Waals surface area contributed by atoms with Gasteiger partial charge in [-0.2, -0.15) is 0 Å². The van der Waals surface area contributed by atoms with Crippen molar-refractivity contribution >= 4 is 60.9 Å². The summed E-state index contributed by atoms with van der Waals surface area (Å²) < 4.78 is 13.4. The lowest BCUT2D eigenvalue weighted by molar-refractivity contribution is 0.668. The van der Waals surface area contributed by atoms with E-state index < -0.39 is 5.41 Å². The lowest BCUT2D eigenvalue weighted by Gasteiger charge is -2.31. The molecule has 0 aliphatic heterocycles. The highest BCUT2D eigenvalue weighted by atomic mass is 16.3. The third-order valence-corrected chi connectivity index (χ3v) is 15.1. The predicted octanol–water partition coefficient (Wildman–Crippen LogP) is 18.3. The van der Waals surface area contributed by atoms with E-state index in [4.69, 9.17) is 8.83 Å². The standard InChI is InChI=1S/C67H41NO2/c1-3-16-42(17-4-1)44-30-33-48(34-31-44)68(60-27-15-24-53-52-21-9-13-28-61(52)70-66(53)60)49-39-46(43-18-5-2-6-19-43)38-47(40-49)45-32-35-51-50-20-7-11-25-56(50)67(59(51)41-45)57-26-12-8-22-54(57)64-58(67)36-37-63-65(64)55-23-10-14-29-62(55)69-63/h1-41H. The van der Waals surface area contributed by atoms with Gasteiger partial charge in [-0.15, -0.1) is 0 Å². The molecule has 11 aromatic carbocycles. The average molecular weight is 892 g/mol. The number of hydrogen-bond donors (Lipinski definition) is 0. The Morgan fingerprint density at radius 2 is 0.871 bits per heavy atom. The Balaban J connectivity index is 0.983. The van der Waals surface area contributed by atoms with Crippen LogP contribution in [0.4, 0.5) is 17.1 Å². The first-order valence-corrected chi connectivity index (χ1v) is 24.1. The normalized spacial score (nSPS) is 14.3. The summed E-state index contributed by atoms with van der Waals surface area (Å²) in [5.74, 6) is 0. The summed E-state index contributed by atoms with van der Waals surface area (Å²) in [5.41, 5.74) is 23.1. The number of anilines is 3. The van der Waals surface area contributed by atoms with Crippen molar-refractivity contribution in [2.45, 2.75) is 5.41 Å². The Kier molecular flexibility index (Phi) is 8.28. The van der Waals surface area contributed by atoms with Gasteiger partial charge in [-0.25, -0.2) is 0 Å². The molecule has 3 heteroatoms. The van der Waals surface area contributed by atoms with Crippen molar-refractivity contribution in [1.82, 2.24) is 0 Å². The predicted molar refractivity (Wildman–Crippen MR) is 288 cm³/mol. The van der Waals surface area contributed by atoms with E-state index in [0.717, 1.165) is 83.4 Å². The van der Waals surface area contributed by atoms with Crippen LogP contribution in [0.3, 0.4) is 0 Å². The second-order valence-electron chi connectivity index (χ2n) is 18.7. The molecular weight excluding hydrogens is 851 g/mol. The van der Waals surface area contributed by atoms with Gasteiger partial charge in [0.25, 0.3) is 0 Å². The van der Waals surface area contributed by atoms with Gasteiger partial charge in [0.05, 0.1) is 11.1 Å². The summed E-state index contributed by atoms with van der Waals surface area (Å²) in [7, 11) is 0. The van der Waals surface area contributed by atoms with Crippen LogP contribution < -0.4 is 4.90 Å². The Morgan fingerprint density at radius 1 is 0.300 bits per heavy atom. The number of rotatable bonds is 6. The Bertz CT molecular complexity index is 4240. The fourth-order valence-corrected chi connectivity index (χ4v) is 12.1. The first-order valence-electron chi connectivity index (χ1n) is 24.1. The van der Waals surface area contributed by atoms with Gasteiger partial charge in [-0.1, -0.05) is 188 Å². The van der Waals surface area contributed by atoms with Crippen molar-refractivity contribution in [1.29, 1.82) is 0 Å². The Labute approximate surface area is 404 Å². The number of furan rings is 2. The average Bonchev–Trinajstić information content (AvgIpc) is 4.17. The zero-order valence-corrected chi connectivity index (χ0v) is 37.9. The van der Waals surface area contributed by atoms with E-state index in [9.17, 15) is 0 Å². The van der Waals surface area contributed by atoms with E-state index in [1.165, 1.54) is 55.5 Å². The van der Waals surface area contributed by atoms with Crippen LogP contribution in [-0.4, -0.2) is 0 Å². The topological polar surface area (TPSA) is 29.5 Å². The minimum atomic E-state index is -0.552. The van der Waals surface area contributed by atoms with Crippen molar-refractivity contribution < 1.29 is 8.83 Å². The summed E-state index contributed by atoms with van der Waals surface area (Å²) in [6, 6.07) is 90.5. The fraction of sp³-hybridized carbons (Fsp3) is 0.0149. The summed E-state index contributed by atoms with van der Waals surface area (Å²) in [5, 5.41) is 4.50. The fourth-order valence-electron chi connectivity index (χ4n) is 12.1. The van der Waals surface area contributed by atoms with Crippen molar-refractivity contribution in [3.63, 3.8) is 0 Å². The van der Waals surface area contributed by atoms with E-state index in [2.05, 4.69) is 248 Å². The second-order valence-corrected chi connectivity index (χ2v) is 18.7. The number of fused-ring (bicyclic) bond motifs is 17. The molecule has 2 heterocycles. The molecule has 2 aliphatic rings. The molecule has 0 N–H and O–H groups in total. The zero-order valence-electron chi connectivity index (χ0n) is 37.9. The number of hydrogen-bond acceptors (Lipinski definition) is 3. The maximum Gasteiger partial charge on any atom is 0.159 e. The van der Waals surface area contributed by atoms with Crippen LogP contribution in [0.25, 0.3) is 99.5 Å². The minimum absolute atomic E-state index is 0.552. The van der Waals surface area contributed by atoms with Crippen LogP contribution in [0.5, 0.6) is 0 Å². The number of nitrogens with zero attached hydrogens (tertiary/aromatic N) is 1. The molecule has 0 saturated carbocycles. The lowest BCUT2D eigenvalue weighted by Crippen LogP contribution is -2.25. The molecule has 15 rings (SSSR count). The first kappa shape index (κ1) is 38.9. The molecular formula is C67H41NO2. The SMILES string of the molecule is c1ccc(-c2ccc(N(c3cc(-c4ccccc4)cc(-c4ccc5c(c4)C4(c6ccccc6-5)c5ccccc5-c5c4ccc4oc6ccccc6c54)c3)c3cccc4c3oc3ccccc34)cc2)cc1. The van der Waals surface area contributed by atoms with Gasteiger partial charge in [0.2, 0.25) is 0 Å². The van der Waals surface area contributed by atoms with Crippen molar-refractivity contribution in [3.8, 4) is 55.6 Å². The smallest absolute Gasteiger partial charge is 0.159 e. The molecule has 0 bridgehead atoms. The lowest BCUT2D eigenvalue weighted by atomic mass is 9.70. The van der Waals surface area contributed by atoms with Gasteiger partial charge in [0.15, 0.2) is 5.58 Å². The van der Waals surface area contributed by atoms with E-state index >= 15 is 0 Å². The van der Waals surface area contributed by atoms with E-state index in [0.29, 0.717) is 0 Å². The number of para-hydroxylation sites is 3. The van der Waals surface area contributed by atoms with Crippen molar-refractivity contribution in [3.05, 3.63) is 271 Å². The Morgan fingerprint density at radius 3 is 1.64 bits per heavy atom. The van der Waals surface area contributed by atoms with Crippen molar-refractivity contribution in [2.75, 3.05) is 4.90 Å².